The fourth-order valence-electron chi connectivity index (χ4n) is 2.71. The first-order valence-electron chi connectivity index (χ1n) is 8.33. The van der Waals surface area contributed by atoms with Crippen LogP contribution in [0.2, 0.25) is 0 Å². The lowest BCUT2D eigenvalue weighted by atomic mass is 10.2. The molecule has 0 fully saturated rings. The van der Waals surface area contributed by atoms with E-state index in [1.54, 1.807) is 0 Å². The molecule has 0 saturated carbocycles. The first-order chi connectivity index (χ1) is 13.1. The third kappa shape index (κ3) is 4.20. The van der Waals surface area contributed by atoms with Crippen LogP contribution in [-0.4, -0.2) is 33.3 Å². The van der Waals surface area contributed by atoms with Gasteiger partial charge < -0.3 is 5.11 Å². The van der Waals surface area contributed by atoms with E-state index in [2.05, 4.69) is 4.99 Å². The van der Waals surface area contributed by atoms with E-state index in [-0.39, 0.29) is 24.5 Å². The molecule has 0 bridgehead atoms. The van der Waals surface area contributed by atoms with Crippen LogP contribution in [0.3, 0.4) is 0 Å². The number of hydrogen-bond acceptors (Lipinski definition) is 3. The zero-order valence-electron chi connectivity index (χ0n) is 14.5. The van der Waals surface area contributed by atoms with Gasteiger partial charge in [-0.05, 0) is 11.1 Å². The molecule has 1 N–H and O–H groups in total. The Morgan fingerprint density at radius 1 is 0.963 bits per heavy atom. The number of aromatic nitrogens is 2. The van der Waals surface area contributed by atoms with Gasteiger partial charge in [0.25, 0.3) is 11.5 Å². The molecule has 0 aliphatic carbocycles. The summed E-state index contributed by atoms with van der Waals surface area (Å²) < 4.78 is 15.1. The summed E-state index contributed by atoms with van der Waals surface area (Å²) in [5.74, 6) is -1.34. The number of benzene rings is 2. The average molecular weight is 367 g/mol. The third-order valence-electron chi connectivity index (χ3n) is 4.04. The molecule has 3 rings (SSSR count). The lowest BCUT2D eigenvalue weighted by Gasteiger charge is -2.13. The molecular formula is C20H18FN3O3. The molecule has 0 saturated heterocycles. The van der Waals surface area contributed by atoms with Gasteiger partial charge in [0.15, 0.2) is 6.67 Å². The molecule has 0 unspecified atom stereocenters. The van der Waals surface area contributed by atoms with E-state index in [1.807, 2.05) is 60.7 Å². The van der Waals surface area contributed by atoms with E-state index >= 15 is 0 Å². The van der Waals surface area contributed by atoms with Crippen molar-refractivity contribution in [2.45, 2.75) is 13.1 Å². The molecule has 27 heavy (non-hydrogen) atoms. The SMILES string of the molecule is O=C(CF)N=Cc1c(O)n(Cc2ccccc2)n(Cc2ccccc2)c1=O. The zero-order chi connectivity index (χ0) is 19.2. The minimum atomic E-state index is -1.26. The molecule has 1 heterocycles. The Bertz CT molecular complexity index is 1010. The van der Waals surface area contributed by atoms with Crippen molar-refractivity contribution in [1.29, 1.82) is 0 Å². The minimum Gasteiger partial charge on any atom is -0.493 e. The summed E-state index contributed by atoms with van der Waals surface area (Å²) in [5.41, 5.74) is 1.09. The van der Waals surface area contributed by atoms with Crippen LogP contribution in [0.15, 0.2) is 70.5 Å². The van der Waals surface area contributed by atoms with E-state index in [4.69, 9.17) is 0 Å². The molecule has 138 valence electrons. The molecular weight excluding hydrogens is 349 g/mol. The topological polar surface area (TPSA) is 76.6 Å². The van der Waals surface area contributed by atoms with Crippen LogP contribution in [0.25, 0.3) is 0 Å². The number of amides is 1. The number of rotatable bonds is 6. The normalized spacial score (nSPS) is 11.1. The van der Waals surface area contributed by atoms with Gasteiger partial charge in [-0.15, -0.1) is 0 Å². The van der Waals surface area contributed by atoms with Crippen LogP contribution in [0, 0.1) is 0 Å². The number of nitrogens with zero attached hydrogens (tertiary/aromatic N) is 3. The predicted molar refractivity (Wildman–Crippen MR) is 100 cm³/mol. The predicted octanol–water partition coefficient (Wildman–Crippen LogP) is 2.37. The van der Waals surface area contributed by atoms with Gasteiger partial charge in [-0.2, -0.15) is 0 Å². The molecule has 0 spiro atoms. The maximum Gasteiger partial charge on any atom is 0.279 e. The second kappa shape index (κ2) is 8.27. The Morgan fingerprint density at radius 3 is 2.00 bits per heavy atom. The molecule has 2 aromatic carbocycles. The first-order valence-corrected chi connectivity index (χ1v) is 8.33. The van der Waals surface area contributed by atoms with Gasteiger partial charge in [0.2, 0.25) is 5.88 Å². The Labute approximate surface area is 154 Å². The fourth-order valence-corrected chi connectivity index (χ4v) is 2.71. The molecule has 0 atom stereocenters. The van der Waals surface area contributed by atoms with Gasteiger partial charge in [-0.1, -0.05) is 60.7 Å². The van der Waals surface area contributed by atoms with Crippen LogP contribution in [0.1, 0.15) is 16.7 Å². The van der Waals surface area contributed by atoms with Crippen LogP contribution >= 0.6 is 0 Å². The molecule has 1 amide bonds. The number of carbonyl (C=O) groups excluding carboxylic acids is 1. The highest BCUT2D eigenvalue weighted by Crippen LogP contribution is 2.16. The smallest absolute Gasteiger partial charge is 0.279 e. The van der Waals surface area contributed by atoms with Gasteiger partial charge in [0.05, 0.1) is 13.1 Å². The van der Waals surface area contributed by atoms with Crippen molar-refractivity contribution in [3.8, 4) is 5.88 Å². The Balaban J connectivity index is 2.06. The van der Waals surface area contributed by atoms with E-state index in [1.165, 1.54) is 9.36 Å². The number of aromatic hydroxyl groups is 1. The summed E-state index contributed by atoms with van der Waals surface area (Å²) in [6.45, 7) is -0.787. The van der Waals surface area contributed by atoms with Gasteiger partial charge in [-0.3, -0.25) is 9.59 Å². The average Bonchev–Trinajstić information content (AvgIpc) is 2.91. The number of halogens is 1. The highest BCUT2D eigenvalue weighted by atomic mass is 19.1. The number of aliphatic imine (C=N–C) groups is 1. The number of hydrogen-bond donors (Lipinski definition) is 1. The fraction of sp³-hybridized carbons (Fsp3) is 0.150. The summed E-state index contributed by atoms with van der Waals surface area (Å²) in [5, 5.41) is 10.6. The molecule has 7 heteroatoms. The zero-order valence-corrected chi connectivity index (χ0v) is 14.5. The van der Waals surface area contributed by atoms with Crippen molar-refractivity contribution in [1.82, 2.24) is 9.36 Å². The van der Waals surface area contributed by atoms with Crippen LogP contribution in [0.4, 0.5) is 4.39 Å². The lowest BCUT2D eigenvalue weighted by Crippen LogP contribution is -2.25. The van der Waals surface area contributed by atoms with Crippen molar-refractivity contribution in [2.75, 3.05) is 6.67 Å². The van der Waals surface area contributed by atoms with Crippen LogP contribution in [-0.2, 0) is 17.9 Å². The maximum atomic E-state index is 12.8. The summed E-state index contributed by atoms with van der Waals surface area (Å²) in [4.78, 5) is 27.3. The largest absolute Gasteiger partial charge is 0.493 e. The van der Waals surface area contributed by atoms with Gasteiger partial charge >= 0.3 is 0 Å². The lowest BCUT2D eigenvalue weighted by molar-refractivity contribution is -0.118. The summed E-state index contributed by atoms with van der Waals surface area (Å²) in [6, 6.07) is 18.6. The molecule has 6 nitrogen and oxygen atoms in total. The second-order valence-corrected chi connectivity index (χ2v) is 5.91. The van der Waals surface area contributed by atoms with Crippen molar-refractivity contribution < 1.29 is 14.3 Å². The van der Waals surface area contributed by atoms with E-state index in [0.29, 0.717) is 0 Å². The van der Waals surface area contributed by atoms with Crippen LogP contribution < -0.4 is 5.56 Å². The summed E-state index contributed by atoms with van der Waals surface area (Å²) in [7, 11) is 0. The number of carbonyl (C=O) groups is 1. The Kier molecular flexibility index (Phi) is 5.61. The standard InChI is InChI=1S/C20H18FN3O3/c21-11-18(25)22-12-17-19(26)23(13-15-7-3-1-4-8-15)24(20(17)27)14-16-9-5-2-6-10-16/h1-10,12,26H,11,13-14H2. The Hall–Kier alpha value is -3.48. The maximum absolute atomic E-state index is 12.8. The van der Waals surface area contributed by atoms with Gasteiger partial charge in [0.1, 0.15) is 5.56 Å². The summed E-state index contributed by atoms with van der Waals surface area (Å²) >= 11 is 0. The second-order valence-electron chi connectivity index (χ2n) is 5.91. The highest BCUT2D eigenvalue weighted by Gasteiger charge is 2.19. The molecule has 3 aromatic rings. The molecule has 0 aliphatic rings. The van der Waals surface area contributed by atoms with Crippen molar-refractivity contribution in [3.63, 3.8) is 0 Å². The van der Waals surface area contributed by atoms with Crippen molar-refractivity contribution >= 4 is 12.1 Å². The van der Waals surface area contributed by atoms with Crippen molar-refractivity contribution in [2.24, 2.45) is 4.99 Å². The monoisotopic (exact) mass is 367 g/mol. The Morgan fingerprint density at radius 2 is 1.48 bits per heavy atom. The van der Waals surface area contributed by atoms with E-state index in [9.17, 15) is 19.1 Å². The van der Waals surface area contributed by atoms with E-state index < -0.39 is 18.1 Å². The molecule has 0 radical (unpaired) electrons. The summed E-state index contributed by atoms with van der Waals surface area (Å²) in [6.07, 6.45) is 0.919. The van der Waals surface area contributed by atoms with Gasteiger partial charge in [0, 0.05) is 6.21 Å². The van der Waals surface area contributed by atoms with Gasteiger partial charge in [-0.25, -0.2) is 18.7 Å². The molecule has 1 aromatic heterocycles. The minimum absolute atomic E-state index is 0.149. The molecule has 0 aliphatic heterocycles. The first kappa shape index (κ1) is 18.3. The van der Waals surface area contributed by atoms with Crippen molar-refractivity contribution in [3.05, 3.63) is 87.7 Å². The van der Waals surface area contributed by atoms with Crippen LogP contribution in [0.5, 0.6) is 5.88 Å². The highest BCUT2D eigenvalue weighted by molar-refractivity contribution is 5.93. The van der Waals surface area contributed by atoms with E-state index in [0.717, 1.165) is 17.3 Å². The quantitative estimate of drug-likeness (QED) is 0.680. The third-order valence-corrected chi connectivity index (χ3v) is 4.04. The number of alkyl halides is 1.